The SMILES string of the molecule is N#Cc1ccc(-c2ccccc2-c2nc(-c3ccccc3)nc(-c3ccc4c5c(cccc35)-c3ccccc3-4)n2)c(-c2cccc(-c3cccc(-c4ccc5c(c4)-c4cccc6cccc-5c46)c3)c2)c1. The molecule has 4 nitrogen and oxygen atoms in total. The van der Waals surface area contributed by atoms with Crippen molar-refractivity contribution >= 4 is 21.5 Å². The Morgan fingerprint density at radius 2 is 0.700 bits per heavy atom. The third-order valence-corrected chi connectivity index (χ3v) is 14.3. The normalized spacial score (nSPS) is 11.7. The molecule has 11 aromatic carbocycles. The second-order valence-electron chi connectivity index (χ2n) is 18.2. The summed E-state index contributed by atoms with van der Waals surface area (Å²) in [6.07, 6.45) is 0. The molecule has 0 atom stereocenters. The van der Waals surface area contributed by atoms with E-state index in [9.17, 15) is 5.26 Å². The lowest BCUT2D eigenvalue weighted by molar-refractivity contribution is 1.08. The first-order chi connectivity index (χ1) is 34.6. The number of nitrogens with zero attached hydrogens (tertiary/aromatic N) is 4. The maximum Gasteiger partial charge on any atom is 0.164 e. The minimum absolute atomic E-state index is 0.569. The van der Waals surface area contributed by atoms with Crippen molar-refractivity contribution in [2.75, 3.05) is 0 Å². The fraction of sp³-hybridized carbons (Fsp3) is 0. The smallest absolute Gasteiger partial charge is 0.164 e. The van der Waals surface area contributed by atoms with Crippen LogP contribution in [0.4, 0.5) is 0 Å². The van der Waals surface area contributed by atoms with Gasteiger partial charge in [0, 0.05) is 16.7 Å². The van der Waals surface area contributed by atoms with Crippen LogP contribution in [0.3, 0.4) is 0 Å². The summed E-state index contributed by atoms with van der Waals surface area (Å²) in [5.41, 5.74) is 21.8. The number of benzene rings is 11. The minimum Gasteiger partial charge on any atom is -0.208 e. The van der Waals surface area contributed by atoms with Crippen LogP contribution in [-0.2, 0) is 0 Å². The monoisotopic (exact) mass is 886 g/mol. The van der Waals surface area contributed by atoms with Crippen LogP contribution in [0.25, 0.3) is 145 Å². The summed E-state index contributed by atoms with van der Waals surface area (Å²) in [6.45, 7) is 0. The van der Waals surface area contributed by atoms with Crippen LogP contribution in [0.5, 0.6) is 0 Å². The molecule has 0 aliphatic heterocycles. The van der Waals surface area contributed by atoms with Gasteiger partial charge in [-0.05, 0) is 147 Å². The summed E-state index contributed by atoms with van der Waals surface area (Å²) in [5.74, 6) is 1.77. The largest absolute Gasteiger partial charge is 0.208 e. The molecule has 0 spiro atoms. The summed E-state index contributed by atoms with van der Waals surface area (Å²) >= 11 is 0. The molecule has 0 saturated carbocycles. The van der Waals surface area contributed by atoms with E-state index in [4.69, 9.17) is 15.0 Å². The van der Waals surface area contributed by atoms with Crippen LogP contribution >= 0.6 is 0 Å². The Morgan fingerprint density at radius 3 is 1.41 bits per heavy atom. The van der Waals surface area contributed by atoms with E-state index in [0.717, 1.165) is 61.0 Å². The Morgan fingerprint density at radius 1 is 0.257 bits per heavy atom. The highest BCUT2D eigenvalue weighted by atomic mass is 15.0. The first-order valence-electron chi connectivity index (χ1n) is 23.6. The zero-order chi connectivity index (χ0) is 46.3. The van der Waals surface area contributed by atoms with Gasteiger partial charge < -0.3 is 0 Å². The average molecular weight is 887 g/mol. The van der Waals surface area contributed by atoms with Gasteiger partial charge in [-0.2, -0.15) is 5.26 Å². The Kier molecular flexibility index (Phi) is 8.92. The van der Waals surface area contributed by atoms with Gasteiger partial charge in [-0.25, -0.2) is 15.0 Å². The van der Waals surface area contributed by atoms with Crippen molar-refractivity contribution in [3.8, 4) is 129 Å². The second-order valence-corrected chi connectivity index (χ2v) is 18.2. The predicted molar refractivity (Wildman–Crippen MR) is 286 cm³/mol. The van der Waals surface area contributed by atoms with Gasteiger partial charge in [0.15, 0.2) is 17.5 Å². The molecule has 0 amide bonds. The van der Waals surface area contributed by atoms with E-state index in [1.54, 1.807) is 0 Å². The summed E-state index contributed by atoms with van der Waals surface area (Å²) in [6, 6.07) is 83.9. The van der Waals surface area contributed by atoms with E-state index in [2.05, 4.69) is 188 Å². The minimum atomic E-state index is 0.569. The van der Waals surface area contributed by atoms with Crippen LogP contribution in [0.1, 0.15) is 5.56 Å². The Balaban J connectivity index is 0.878. The van der Waals surface area contributed by atoms with Gasteiger partial charge >= 0.3 is 0 Å². The first-order valence-corrected chi connectivity index (χ1v) is 23.6. The Bertz CT molecular complexity index is 4160. The van der Waals surface area contributed by atoms with Gasteiger partial charge in [-0.15, -0.1) is 0 Å². The average Bonchev–Trinajstić information content (AvgIpc) is 3.94. The van der Waals surface area contributed by atoms with Crippen molar-refractivity contribution < 1.29 is 0 Å². The molecular weight excluding hydrogens is 849 g/mol. The highest BCUT2D eigenvalue weighted by Gasteiger charge is 2.25. The molecule has 4 heteroatoms. The molecule has 0 fully saturated rings. The van der Waals surface area contributed by atoms with Crippen molar-refractivity contribution in [1.82, 2.24) is 15.0 Å². The van der Waals surface area contributed by atoms with Crippen LogP contribution in [0.2, 0.25) is 0 Å². The van der Waals surface area contributed by atoms with Gasteiger partial charge in [-0.1, -0.05) is 194 Å². The topological polar surface area (TPSA) is 62.5 Å². The molecule has 0 N–H and O–H groups in total. The number of rotatable bonds is 7. The van der Waals surface area contributed by atoms with Crippen LogP contribution in [0.15, 0.2) is 231 Å². The third kappa shape index (κ3) is 6.26. The summed E-state index contributed by atoms with van der Waals surface area (Å²) in [5, 5.41) is 15.2. The molecule has 1 heterocycles. The molecule has 12 aromatic rings. The standard InChI is InChI=1S/C66H38N4/c67-39-40-29-31-51(60(35-40)47-20-9-19-45(37-47)43-17-8-18-44(36-43)46-30-32-52-53-25-10-15-41-16-11-26-56(62(41)53)61(52)38-46)50-23-6-7-24-58(50)65-68-64(42-13-2-1-3-14-42)69-66(70-65)59-34-33-57-49-22-5-4-21-48(49)54-27-12-28-55(59)63(54)57/h1-38H. The lowest BCUT2D eigenvalue weighted by atomic mass is 9.89. The van der Waals surface area contributed by atoms with Gasteiger partial charge in [0.1, 0.15) is 0 Å². The fourth-order valence-corrected chi connectivity index (χ4v) is 11.1. The highest BCUT2D eigenvalue weighted by molar-refractivity contribution is 6.19. The van der Waals surface area contributed by atoms with Crippen LogP contribution < -0.4 is 0 Å². The molecular formula is C66H38N4. The van der Waals surface area contributed by atoms with Gasteiger partial charge in [0.25, 0.3) is 0 Å². The Labute approximate surface area is 405 Å². The maximum atomic E-state index is 10.3. The van der Waals surface area contributed by atoms with Crippen molar-refractivity contribution in [2.24, 2.45) is 0 Å². The number of fused-ring (bicyclic) bond motifs is 6. The number of aromatic nitrogens is 3. The molecule has 0 radical (unpaired) electrons. The number of hydrogen-bond donors (Lipinski definition) is 0. The maximum absolute atomic E-state index is 10.3. The highest BCUT2D eigenvalue weighted by Crippen LogP contribution is 2.50. The molecule has 0 saturated heterocycles. The van der Waals surface area contributed by atoms with Gasteiger partial charge in [-0.3, -0.25) is 0 Å². The second kappa shape index (κ2) is 15.8. The van der Waals surface area contributed by atoms with Crippen molar-refractivity contribution in [2.45, 2.75) is 0 Å². The van der Waals surface area contributed by atoms with Gasteiger partial charge in [0.2, 0.25) is 0 Å². The zero-order valence-electron chi connectivity index (χ0n) is 37.7. The Hall–Kier alpha value is -9.56. The first kappa shape index (κ1) is 39.6. The fourth-order valence-electron chi connectivity index (χ4n) is 11.1. The summed E-state index contributed by atoms with van der Waals surface area (Å²) in [7, 11) is 0. The molecule has 0 unspecified atom stereocenters. The molecule has 322 valence electrons. The zero-order valence-corrected chi connectivity index (χ0v) is 37.7. The van der Waals surface area contributed by atoms with Crippen LogP contribution in [-0.4, -0.2) is 15.0 Å². The van der Waals surface area contributed by atoms with Gasteiger partial charge in [0.05, 0.1) is 11.6 Å². The van der Waals surface area contributed by atoms with Crippen LogP contribution in [0, 0.1) is 11.3 Å². The molecule has 2 aliphatic rings. The summed E-state index contributed by atoms with van der Waals surface area (Å²) < 4.78 is 0. The molecule has 14 rings (SSSR count). The molecule has 70 heavy (non-hydrogen) atoms. The molecule has 1 aromatic heterocycles. The molecule has 2 aliphatic carbocycles. The van der Waals surface area contributed by atoms with Crippen molar-refractivity contribution in [1.29, 1.82) is 5.26 Å². The molecule has 0 bridgehead atoms. The van der Waals surface area contributed by atoms with E-state index < -0.39 is 0 Å². The third-order valence-electron chi connectivity index (χ3n) is 14.3. The van der Waals surface area contributed by atoms with Crippen molar-refractivity contribution in [3.05, 3.63) is 236 Å². The predicted octanol–water partition coefficient (Wildman–Crippen LogP) is 17.0. The number of nitriles is 1. The number of hydrogen-bond acceptors (Lipinski definition) is 4. The van der Waals surface area contributed by atoms with Crippen molar-refractivity contribution in [3.63, 3.8) is 0 Å². The van der Waals surface area contributed by atoms with E-state index in [1.165, 1.54) is 66.2 Å². The van der Waals surface area contributed by atoms with E-state index in [-0.39, 0.29) is 0 Å². The lowest BCUT2D eigenvalue weighted by Crippen LogP contribution is -2.02. The summed E-state index contributed by atoms with van der Waals surface area (Å²) in [4.78, 5) is 15.8. The lowest BCUT2D eigenvalue weighted by Gasteiger charge is -2.16. The van der Waals surface area contributed by atoms with E-state index >= 15 is 0 Å². The van der Waals surface area contributed by atoms with E-state index in [0.29, 0.717) is 23.0 Å². The quantitative estimate of drug-likeness (QED) is 0.160. The van der Waals surface area contributed by atoms with E-state index in [1.807, 2.05) is 48.5 Å².